The molecular formula is C6H4I2N2. The number of hydrogen-bond donors (Lipinski definition) is 0. The van der Waals surface area contributed by atoms with Crippen molar-refractivity contribution < 1.29 is 0 Å². The smallest absolute Gasteiger partial charge is 0.143 e. The van der Waals surface area contributed by atoms with Crippen LogP contribution in [0.5, 0.6) is 0 Å². The van der Waals surface area contributed by atoms with Crippen molar-refractivity contribution in [1.29, 1.82) is 0 Å². The average molecular weight is 358 g/mol. The molecule has 0 saturated carbocycles. The van der Waals surface area contributed by atoms with Crippen LogP contribution in [0.25, 0.3) is 0 Å². The van der Waals surface area contributed by atoms with Crippen molar-refractivity contribution in [2.45, 2.75) is 0 Å². The van der Waals surface area contributed by atoms with Gasteiger partial charge in [-0.3, -0.25) is 0 Å². The van der Waals surface area contributed by atoms with Crippen LogP contribution in [0.15, 0.2) is 27.8 Å². The molecule has 0 aliphatic carbocycles. The Labute approximate surface area is 79.4 Å². The Morgan fingerprint density at radius 3 is 3.30 bits per heavy atom. The van der Waals surface area contributed by atoms with E-state index in [1.54, 1.807) is 0 Å². The minimum atomic E-state index is -0.254. The first-order chi connectivity index (χ1) is 4.97. The van der Waals surface area contributed by atoms with Gasteiger partial charge in [-0.2, -0.15) is 0 Å². The van der Waals surface area contributed by atoms with Gasteiger partial charge in [-0.1, -0.05) is 20.7 Å². The Hall–Kier alpha value is 0.280. The maximum atomic E-state index is 4.34. The lowest BCUT2D eigenvalue weighted by Gasteiger charge is -2.02. The minimum Gasteiger partial charge on any atom is -0.212 e. The van der Waals surface area contributed by atoms with E-state index in [0.717, 1.165) is 5.70 Å². The highest BCUT2D eigenvalue weighted by Gasteiger charge is 2.02. The molecule has 4 heteroatoms. The lowest BCUT2D eigenvalue weighted by atomic mass is 10.2. The second-order valence-corrected chi connectivity index (χ2v) is 5.29. The quantitative estimate of drug-likeness (QED) is 0.595. The summed E-state index contributed by atoms with van der Waals surface area (Å²) in [6, 6.07) is 0. The van der Waals surface area contributed by atoms with Crippen molar-refractivity contribution in [2.24, 2.45) is 6.35 Å². The van der Waals surface area contributed by atoms with E-state index in [1.165, 1.54) is 5.57 Å². The predicted molar refractivity (Wildman–Crippen MR) is 61.2 cm³/mol. The summed E-state index contributed by atoms with van der Waals surface area (Å²) in [6.45, 7) is 0. The zero-order valence-corrected chi connectivity index (χ0v) is 9.27. The van der Waals surface area contributed by atoms with Crippen LogP contribution in [-0.4, -0.2) is 10.2 Å². The average Bonchev–Trinajstić information content (AvgIpc) is 2.05. The maximum absolute atomic E-state index is 4.34. The zero-order chi connectivity index (χ0) is 6.81. The highest BCUT2D eigenvalue weighted by atomic mass is 127. The first-order valence-electron chi connectivity index (χ1n) is 2.71. The Balaban J connectivity index is 2.55. The van der Waals surface area contributed by atoms with Crippen molar-refractivity contribution in [3.8, 4) is 0 Å². The summed E-state index contributed by atoms with van der Waals surface area (Å²) in [6.07, 6.45) is 4.10. The molecule has 2 aliphatic heterocycles. The lowest BCUT2D eigenvalue weighted by Crippen LogP contribution is -1.92. The molecule has 0 amide bonds. The van der Waals surface area contributed by atoms with Crippen molar-refractivity contribution in [2.75, 3.05) is 0 Å². The molecule has 0 saturated heterocycles. The molecule has 2 rings (SSSR count). The standard InChI is InChI=1S/C6H4I2N2/c1-2-7-3-5-4-9-8-10-6(1)5/h1-4H. The van der Waals surface area contributed by atoms with E-state index in [2.05, 4.69) is 20.5 Å². The van der Waals surface area contributed by atoms with Gasteiger partial charge < -0.3 is 0 Å². The second kappa shape index (κ2) is 3.12. The van der Waals surface area contributed by atoms with Gasteiger partial charge in [0.2, 0.25) is 0 Å². The van der Waals surface area contributed by atoms with Crippen LogP contribution in [0.4, 0.5) is 0 Å². The molecule has 0 radical (unpaired) electrons. The van der Waals surface area contributed by atoms with Gasteiger partial charge >= 0.3 is 0 Å². The van der Waals surface area contributed by atoms with E-state index < -0.39 is 0 Å². The van der Waals surface area contributed by atoms with Crippen molar-refractivity contribution >= 4 is 52.3 Å². The van der Waals surface area contributed by atoms with Crippen LogP contribution in [0, 0.1) is 0 Å². The van der Waals surface area contributed by atoms with Gasteiger partial charge in [-0.05, 0) is 14.2 Å². The first-order valence-corrected chi connectivity index (χ1v) is 7.13. The Morgan fingerprint density at radius 1 is 1.40 bits per heavy atom. The fraction of sp³-hybridized carbons (Fsp3) is 0. The number of hydrogen-bond acceptors (Lipinski definition) is 2. The molecule has 0 aromatic heterocycles. The molecule has 0 unspecified atom stereocenters. The van der Waals surface area contributed by atoms with Gasteiger partial charge in [0.15, 0.2) is 0 Å². The lowest BCUT2D eigenvalue weighted by molar-refractivity contribution is 1.48. The molecule has 52 valence electrons. The summed E-state index contributed by atoms with van der Waals surface area (Å²) >= 11 is -0.0874. The summed E-state index contributed by atoms with van der Waals surface area (Å²) in [5, 5.41) is 0. The van der Waals surface area contributed by atoms with E-state index in [0.29, 0.717) is 0 Å². The van der Waals surface area contributed by atoms with Crippen molar-refractivity contribution in [3.05, 3.63) is 21.4 Å². The molecule has 2 aliphatic rings. The minimum absolute atomic E-state index is 0.166. The zero-order valence-electron chi connectivity index (χ0n) is 4.96. The Bertz CT molecular complexity index is 239. The summed E-state index contributed by atoms with van der Waals surface area (Å²) in [5.41, 5.74) is 2.41. The van der Waals surface area contributed by atoms with Crippen LogP contribution >= 0.6 is 42.0 Å². The summed E-state index contributed by atoms with van der Waals surface area (Å²) in [5.74, 6) is 0. The monoisotopic (exact) mass is 358 g/mol. The highest BCUT2D eigenvalue weighted by Crippen LogP contribution is 2.23. The van der Waals surface area contributed by atoms with Crippen molar-refractivity contribution in [1.82, 2.24) is 0 Å². The van der Waals surface area contributed by atoms with Gasteiger partial charge in [0.05, 0.1) is 5.70 Å². The highest BCUT2D eigenvalue weighted by molar-refractivity contribution is 14.2. The molecule has 0 N–H and O–H groups in total. The second-order valence-electron chi connectivity index (χ2n) is 1.76. The molecule has 0 bridgehead atoms. The molecule has 10 heavy (non-hydrogen) atoms. The van der Waals surface area contributed by atoms with Crippen LogP contribution in [0.3, 0.4) is 0 Å². The SMILES string of the molecule is C1=CC2=C(C=NI=N2)C=I1. The number of allylic oxidation sites excluding steroid dienone is 2. The Kier molecular flexibility index (Phi) is 2.17. The van der Waals surface area contributed by atoms with Crippen LogP contribution in [-0.2, 0) is 0 Å². The molecule has 0 atom stereocenters. The summed E-state index contributed by atoms with van der Waals surface area (Å²) < 4.78 is 13.0. The third kappa shape index (κ3) is 1.31. The van der Waals surface area contributed by atoms with Crippen molar-refractivity contribution in [3.63, 3.8) is 0 Å². The van der Waals surface area contributed by atoms with E-state index in [9.17, 15) is 0 Å². The van der Waals surface area contributed by atoms with Gasteiger partial charge in [0.1, 0.15) is 21.3 Å². The third-order valence-electron chi connectivity index (χ3n) is 1.13. The molecule has 0 fully saturated rings. The maximum Gasteiger partial charge on any atom is 0.143 e. The molecular weight excluding hydrogens is 354 g/mol. The van der Waals surface area contributed by atoms with Gasteiger partial charge in [-0.25, -0.2) is 6.35 Å². The largest absolute Gasteiger partial charge is 0.212 e. The van der Waals surface area contributed by atoms with Gasteiger partial charge in [0, 0.05) is 11.8 Å². The summed E-state index contributed by atoms with van der Waals surface area (Å²) in [7, 11) is 0. The number of halogens is 2. The van der Waals surface area contributed by atoms with Crippen LogP contribution in [0.2, 0.25) is 0 Å². The van der Waals surface area contributed by atoms with Gasteiger partial charge in [-0.15, -0.1) is 0 Å². The van der Waals surface area contributed by atoms with Crippen LogP contribution < -0.4 is 0 Å². The normalized spacial score (nSPS) is 21.6. The van der Waals surface area contributed by atoms with E-state index in [1.807, 2.05) is 6.21 Å². The Morgan fingerprint density at radius 2 is 2.40 bits per heavy atom. The topological polar surface area (TPSA) is 24.7 Å². The molecule has 2 heterocycles. The first kappa shape index (κ1) is 6.96. The molecule has 0 aromatic rings. The summed E-state index contributed by atoms with van der Waals surface area (Å²) in [4.78, 5) is 0. The van der Waals surface area contributed by atoms with E-state index in [4.69, 9.17) is 0 Å². The number of rotatable bonds is 0. The van der Waals surface area contributed by atoms with E-state index >= 15 is 0 Å². The van der Waals surface area contributed by atoms with Gasteiger partial charge in [0.25, 0.3) is 0 Å². The fourth-order valence-electron chi connectivity index (χ4n) is 0.661. The number of nitrogens with zero attached hydrogens (tertiary/aromatic N) is 2. The fourth-order valence-corrected chi connectivity index (χ4v) is 3.50. The molecule has 2 nitrogen and oxygen atoms in total. The third-order valence-corrected chi connectivity index (χ3v) is 4.20. The van der Waals surface area contributed by atoms with E-state index in [-0.39, 0.29) is 42.0 Å². The molecule has 0 aromatic carbocycles. The predicted octanol–water partition coefficient (Wildman–Crippen LogP) is 2.69. The van der Waals surface area contributed by atoms with Crippen LogP contribution in [0.1, 0.15) is 0 Å². The molecule has 0 spiro atoms.